The zero-order valence-electron chi connectivity index (χ0n) is 14.4. The van der Waals surface area contributed by atoms with E-state index in [-0.39, 0.29) is 5.91 Å². The Bertz CT molecular complexity index is 794. The van der Waals surface area contributed by atoms with Crippen molar-refractivity contribution in [2.45, 2.75) is 33.4 Å². The molecule has 2 aromatic rings. The van der Waals surface area contributed by atoms with Crippen molar-refractivity contribution in [2.24, 2.45) is 10.5 Å². The Morgan fingerprint density at radius 3 is 2.17 bits per heavy atom. The molecule has 0 aliphatic carbocycles. The molecule has 1 unspecified atom stereocenters. The second-order valence-electron chi connectivity index (χ2n) is 6.83. The van der Waals surface area contributed by atoms with Crippen molar-refractivity contribution < 1.29 is 9.90 Å². The van der Waals surface area contributed by atoms with E-state index in [1.165, 1.54) is 5.01 Å². The maximum Gasteiger partial charge on any atom is 0.276 e. The van der Waals surface area contributed by atoms with Crippen LogP contribution in [0.2, 0.25) is 0 Å². The number of aliphatic hydroxyl groups is 1. The predicted molar refractivity (Wildman–Crippen MR) is 94.6 cm³/mol. The van der Waals surface area contributed by atoms with Crippen LogP contribution in [0.15, 0.2) is 59.7 Å². The highest BCUT2D eigenvalue weighted by molar-refractivity contribution is 5.99. The van der Waals surface area contributed by atoms with E-state index in [0.717, 1.165) is 5.56 Å². The summed E-state index contributed by atoms with van der Waals surface area (Å²) in [5, 5.41) is 17.2. The highest BCUT2D eigenvalue weighted by Crippen LogP contribution is 2.48. The number of aryl methyl sites for hydroxylation is 1. The molecule has 2 aromatic carbocycles. The van der Waals surface area contributed by atoms with Crippen molar-refractivity contribution in [2.75, 3.05) is 0 Å². The van der Waals surface area contributed by atoms with Gasteiger partial charge in [-0.25, -0.2) is 0 Å². The first kappa shape index (κ1) is 16.4. The SMILES string of the molecule is CC1=NN(C(=O)c2ccc(C)cc2)C(O)(c2ccccc2)C1(C)C. The molecule has 1 N–H and O–H groups in total. The van der Waals surface area contributed by atoms with E-state index < -0.39 is 11.1 Å². The lowest BCUT2D eigenvalue weighted by Crippen LogP contribution is -2.52. The standard InChI is InChI=1S/C20H22N2O2/c1-14-10-12-16(13-11-14)18(23)22-20(24,17-8-6-5-7-9-17)19(3,4)15(2)21-22/h5-13,24H,1-4H3. The highest BCUT2D eigenvalue weighted by Gasteiger charge is 2.58. The van der Waals surface area contributed by atoms with Crippen molar-refractivity contribution in [3.05, 3.63) is 71.3 Å². The molecule has 4 nitrogen and oxygen atoms in total. The minimum absolute atomic E-state index is 0.314. The van der Waals surface area contributed by atoms with Crippen LogP contribution >= 0.6 is 0 Å². The summed E-state index contributed by atoms with van der Waals surface area (Å²) in [7, 11) is 0. The van der Waals surface area contributed by atoms with Gasteiger partial charge in [-0.15, -0.1) is 0 Å². The third kappa shape index (κ3) is 2.26. The van der Waals surface area contributed by atoms with Gasteiger partial charge in [0.05, 0.1) is 5.41 Å². The van der Waals surface area contributed by atoms with E-state index in [9.17, 15) is 9.90 Å². The van der Waals surface area contributed by atoms with Crippen molar-refractivity contribution >= 4 is 11.6 Å². The lowest BCUT2D eigenvalue weighted by Gasteiger charge is -2.41. The van der Waals surface area contributed by atoms with Gasteiger partial charge in [0.2, 0.25) is 0 Å². The van der Waals surface area contributed by atoms with Crippen molar-refractivity contribution in [1.29, 1.82) is 0 Å². The summed E-state index contributed by atoms with van der Waals surface area (Å²) in [5.74, 6) is -0.314. The number of carbonyl (C=O) groups is 1. The molecule has 0 spiro atoms. The van der Waals surface area contributed by atoms with Crippen LogP contribution in [0.1, 0.15) is 42.3 Å². The first-order chi connectivity index (χ1) is 11.3. The summed E-state index contributed by atoms with van der Waals surface area (Å²) in [6.07, 6.45) is 0. The minimum Gasteiger partial charge on any atom is -0.365 e. The number of nitrogens with zero attached hydrogens (tertiary/aromatic N) is 2. The molecule has 24 heavy (non-hydrogen) atoms. The molecule has 4 heteroatoms. The Kier molecular flexibility index (Phi) is 3.80. The van der Waals surface area contributed by atoms with Gasteiger partial charge in [0.15, 0.2) is 5.72 Å². The van der Waals surface area contributed by atoms with Gasteiger partial charge in [-0.3, -0.25) is 4.79 Å². The highest BCUT2D eigenvalue weighted by atomic mass is 16.3. The zero-order chi connectivity index (χ0) is 17.5. The van der Waals surface area contributed by atoms with Crippen LogP contribution in [-0.4, -0.2) is 21.7 Å². The van der Waals surface area contributed by atoms with Crippen molar-refractivity contribution in [1.82, 2.24) is 5.01 Å². The van der Waals surface area contributed by atoms with E-state index in [4.69, 9.17) is 0 Å². The van der Waals surface area contributed by atoms with E-state index in [0.29, 0.717) is 16.8 Å². The molecule has 1 amide bonds. The number of rotatable bonds is 2. The molecule has 0 fully saturated rings. The van der Waals surface area contributed by atoms with Gasteiger partial charge in [0, 0.05) is 16.8 Å². The first-order valence-corrected chi connectivity index (χ1v) is 8.03. The van der Waals surface area contributed by atoms with Crippen LogP contribution < -0.4 is 0 Å². The van der Waals surface area contributed by atoms with Crippen molar-refractivity contribution in [3.63, 3.8) is 0 Å². The monoisotopic (exact) mass is 322 g/mol. The van der Waals surface area contributed by atoms with Crippen LogP contribution in [0.5, 0.6) is 0 Å². The lowest BCUT2D eigenvalue weighted by atomic mass is 9.74. The quantitative estimate of drug-likeness (QED) is 0.916. The second kappa shape index (κ2) is 5.56. The number of hydrogen-bond donors (Lipinski definition) is 1. The van der Waals surface area contributed by atoms with Gasteiger partial charge in [-0.1, -0.05) is 48.0 Å². The summed E-state index contributed by atoms with van der Waals surface area (Å²) in [6.45, 7) is 7.62. The molecule has 3 rings (SSSR count). The molecular formula is C20H22N2O2. The fraction of sp³-hybridized carbons (Fsp3) is 0.300. The van der Waals surface area contributed by atoms with Gasteiger partial charge >= 0.3 is 0 Å². The number of amides is 1. The largest absolute Gasteiger partial charge is 0.365 e. The molecule has 0 saturated carbocycles. The van der Waals surface area contributed by atoms with E-state index >= 15 is 0 Å². The Hall–Kier alpha value is -2.46. The maximum atomic E-state index is 13.0. The number of hydrogen-bond acceptors (Lipinski definition) is 3. The maximum absolute atomic E-state index is 13.0. The van der Waals surface area contributed by atoms with Crippen LogP contribution in [0.3, 0.4) is 0 Å². The molecule has 1 heterocycles. The third-order valence-electron chi connectivity index (χ3n) is 5.00. The smallest absolute Gasteiger partial charge is 0.276 e. The molecule has 0 saturated heterocycles. The van der Waals surface area contributed by atoms with Gasteiger partial charge < -0.3 is 5.11 Å². The van der Waals surface area contributed by atoms with Gasteiger partial charge in [0.1, 0.15) is 0 Å². The fourth-order valence-corrected chi connectivity index (χ4v) is 3.03. The average Bonchev–Trinajstić information content (AvgIpc) is 2.77. The summed E-state index contributed by atoms with van der Waals surface area (Å²) in [5.41, 5.74) is 0.718. The Morgan fingerprint density at radius 2 is 1.58 bits per heavy atom. The molecule has 0 bridgehead atoms. The fourth-order valence-electron chi connectivity index (χ4n) is 3.03. The van der Waals surface area contributed by atoms with Crippen molar-refractivity contribution in [3.8, 4) is 0 Å². The topological polar surface area (TPSA) is 52.9 Å². The normalized spacial score (nSPS) is 22.4. The van der Waals surface area contributed by atoms with Gasteiger partial charge in [-0.05, 0) is 39.8 Å². The summed E-state index contributed by atoms with van der Waals surface area (Å²) >= 11 is 0. The molecule has 0 aromatic heterocycles. The second-order valence-corrected chi connectivity index (χ2v) is 6.83. The number of hydrazone groups is 1. The molecule has 0 radical (unpaired) electrons. The van der Waals surface area contributed by atoms with Crippen LogP contribution in [0.25, 0.3) is 0 Å². The van der Waals surface area contributed by atoms with E-state index in [2.05, 4.69) is 5.10 Å². The Labute approximate surface area is 142 Å². The number of benzene rings is 2. The summed E-state index contributed by atoms with van der Waals surface area (Å²) in [6, 6.07) is 16.5. The average molecular weight is 322 g/mol. The van der Waals surface area contributed by atoms with Crippen LogP contribution in [-0.2, 0) is 5.72 Å². The number of carbonyl (C=O) groups excluding carboxylic acids is 1. The van der Waals surface area contributed by atoms with Gasteiger partial charge in [-0.2, -0.15) is 10.1 Å². The molecular weight excluding hydrogens is 300 g/mol. The Balaban J connectivity index is 2.11. The predicted octanol–water partition coefficient (Wildman–Crippen LogP) is 3.70. The molecule has 1 atom stereocenters. The molecule has 1 aliphatic heterocycles. The summed E-state index contributed by atoms with van der Waals surface area (Å²) < 4.78 is 0. The van der Waals surface area contributed by atoms with Crippen LogP contribution in [0, 0.1) is 12.3 Å². The first-order valence-electron chi connectivity index (χ1n) is 8.03. The molecule has 1 aliphatic rings. The van der Waals surface area contributed by atoms with E-state index in [1.54, 1.807) is 12.1 Å². The van der Waals surface area contributed by atoms with E-state index in [1.807, 2.05) is 70.2 Å². The minimum atomic E-state index is -1.53. The third-order valence-corrected chi connectivity index (χ3v) is 5.00. The summed E-state index contributed by atoms with van der Waals surface area (Å²) in [4.78, 5) is 13.0. The van der Waals surface area contributed by atoms with Gasteiger partial charge in [0.25, 0.3) is 5.91 Å². The zero-order valence-corrected chi connectivity index (χ0v) is 14.4. The lowest BCUT2D eigenvalue weighted by molar-refractivity contribution is -0.133. The van der Waals surface area contributed by atoms with Crippen LogP contribution in [0.4, 0.5) is 0 Å². The molecule has 124 valence electrons. The Morgan fingerprint density at radius 1 is 1.00 bits per heavy atom.